The molecule has 0 spiro atoms. The van der Waals surface area contributed by atoms with Gasteiger partial charge in [0.05, 0.1) is 0 Å². The van der Waals surface area contributed by atoms with Gasteiger partial charge in [-0.05, 0) is 17.7 Å². The standard InChI is InChI=1S/C16H15Cl3N2/c17-16(18,19)15(13-7-3-1-4-8-13)20-11-12-21(15)14-9-5-2-6-10-14/h1-10,20H,11-12H2. The van der Waals surface area contributed by atoms with Crippen molar-refractivity contribution in [1.29, 1.82) is 0 Å². The molecule has 1 aliphatic rings. The van der Waals surface area contributed by atoms with Crippen molar-refractivity contribution in [3.8, 4) is 0 Å². The summed E-state index contributed by atoms with van der Waals surface area (Å²) >= 11 is 19.2. The summed E-state index contributed by atoms with van der Waals surface area (Å²) in [4.78, 5) is 2.12. The molecule has 0 aliphatic carbocycles. The first kappa shape index (κ1) is 15.0. The molecular formula is C16H15Cl3N2. The fourth-order valence-corrected chi connectivity index (χ4v) is 3.73. The Hall–Kier alpha value is -0.930. The van der Waals surface area contributed by atoms with Crippen molar-refractivity contribution in [3.05, 3.63) is 66.2 Å². The molecule has 3 rings (SSSR count). The van der Waals surface area contributed by atoms with Gasteiger partial charge in [0, 0.05) is 18.8 Å². The van der Waals surface area contributed by atoms with Gasteiger partial charge in [-0.1, -0.05) is 83.3 Å². The van der Waals surface area contributed by atoms with Crippen molar-refractivity contribution in [2.45, 2.75) is 9.46 Å². The summed E-state index contributed by atoms with van der Waals surface area (Å²) in [5.41, 5.74) is 1.09. The lowest BCUT2D eigenvalue weighted by atomic mass is 9.99. The van der Waals surface area contributed by atoms with Gasteiger partial charge in [0.15, 0.2) is 5.66 Å². The van der Waals surface area contributed by atoms with Gasteiger partial charge >= 0.3 is 0 Å². The zero-order valence-electron chi connectivity index (χ0n) is 11.3. The van der Waals surface area contributed by atoms with Gasteiger partial charge in [0.25, 0.3) is 0 Å². The Morgan fingerprint density at radius 3 is 2.05 bits per heavy atom. The quantitative estimate of drug-likeness (QED) is 0.818. The molecule has 2 nitrogen and oxygen atoms in total. The second-order valence-corrected chi connectivity index (χ2v) is 7.27. The molecule has 1 saturated heterocycles. The van der Waals surface area contributed by atoms with Gasteiger partial charge < -0.3 is 4.90 Å². The molecule has 1 unspecified atom stereocenters. The number of nitrogens with one attached hydrogen (secondary N) is 1. The molecule has 110 valence electrons. The maximum Gasteiger partial charge on any atom is 0.230 e. The summed E-state index contributed by atoms with van der Waals surface area (Å²) in [5, 5.41) is 3.41. The zero-order chi connectivity index (χ0) is 14.9. The predicted molar refractivity (Wildman–Crippen MR) is 90.2 cm³/mol. The molecule has 1 N–H and O–H groups in total. The van der Waals surface area contributed by atoms with Crippen molar-refractivity contribution >= 4 is 40.5 Å². The molecule has 5 heteroatoms. The number of para-hydroxylation sites is 1. The molecule has 1 aliphatic heterocycles. The van der Waals surface area contributed by atoms with Crippen LogP contribution in [0.4, 0.5) is 5.69 Å². The first-order valence-electron chi connectivity index (χ1n) is 6.76. The molecule has 2 aromatic carbocycles. The third-order valence-electron chi connectivity index (χ3n) is 3.79. The number of alkyl halides is 3. The van der Waals surface area contributed by atoms with Crippen LogP contribution in [0.25, 0.3) is 0 Å². The van der Waals surface area contributed by atoms with Crippen LogP contribution >= 0.6 is 34.8 Å². The van der Waals surface area contributed by atoms with E-state index < -0.39 is 9.46 Å². The molecule has 0 radical (unpaired) electrons. The molecule has 21 heavy (non-hydrogen) atoms. The summed E-state index contributed by atoms with van der Waals surface area (Å²) in [6, 6.07) is 19.8. The van der Waals surface area contributed by atoms with Gasteiger partial charge in [-0.3, -0.25) is 5.32 Å². The van der Waals surface area contributed by atoms with Crippen molar-refractivity contribution < 1.29 is 0 Å². The minimum Gasteiger partial charge on any atom is -0.345 e. The van der Waals surface area contributed by atoms with Crippen LogP contribution in [0.5, 0.6) is 0 Å². The van der Waals surface area contributed by atoms with E-state index in [1.165, 1.54) is 0 Å². The Kier molecular flexibility index (Phi) is 4.06. The number of hydrogen-bond donors (Lipinski definition) is 1. The molecule has 0 bridgehead atoms. The van der Waals surface area contributed by atoms with Crippen molar-refractivity contribution in [2.24, 2.45) is 0 Å². The van der Waals surface area contributed by atoms with Crippen LogP contribution < -0.4 is 10.2 Å². The Bertz CT molecular complexity index is 598. The summed E-state index contributed by atoms with van der Waals surface area (Å²) < 4.78 is -1.51. The van der Waals surface area contributed by atoms with E-state index in [1.54, 1.807) is 0 Å². The van der Waals surface area contributed by atoms with Crippen LogP contribution in [-0.4, -0.2) is 16.9 Å². The third kappa shape index (κ3) is 2.51. The van der Waals surface area contributed by atoms with Crippen LogP contribution in [0.2, 0.25) is 0 Å². The summed E-state index contributed by atoms with van der Waals surface area (Å²) in [7, 11) is 0. The third-order valence-corrected chi connectivity index (χ3v) is 4.61. The molecule has 1 heterocycles. The normalized spacial score (nSPS) is 22.5. The van der Waals surface area contributed by atoms with E-state index in [-0.39, 0.29) is 0 Å². The number of rotatable bonds is 2. The summed E-state index contributed by atoms with van der Waals surface area (Å²) in [6.45, 7) is 1.52. The average Bonchev–Trinajstić information content (AvgIpc) is 2.95. The Balaban J connectivity index is 2.16. The topological polar surface area (TPSA) is 15.3 Å². The zero-order valence-corrected chi connectivity index (χ0v) is 13.5. The monoisotopic (exact) mass is 340 g/mol. The van der Waals surface area contributed by atoms with Crippen LogP contribution in [0.15, 0.2) is 60.7 Å². The molecule has 1 atom stereocenters. The van der Waals surface area contributed by atoms with Crippen LogP contribution in [0.1, 0.15) is 5.56 Å². The van der Waals surface area contributed by atoms with E-state index >= 15 is 0 Å². The van der Waals surface area contributed by atoms with E-state index in [1.807, 2.05) is 60.7 Å². The molecule has 0 saturated carbocycles. The Morgan fingerprint density at radius 1 is 0.905 bits per heavy atom. The minimum absolute atomic E-state index is 0.748. The fraction of sp³-hybridized carbons (Fsp3) is 0.250. The minimum atomic E-state index is -1.51. The van der Waals surface area contributed by atoms with Crippen LogP contribution in [0, 0.1) is 0 Å². The number of anilines is 1. The maximum atomic E-state index is 6.40. The SMILES string of the molecule is ClC(Cl)(Cl)C1(c2ccccc2)NCCN1c1ccccc1. The van der Waals surface area contributed by atoms with Crippen molar-refractivity contribution in [2.75, 3.05) is 18.0 Å². The van der Waals surface area contributed by atoms with Gasteiger partial charge in [0.2, 0.25) is 3.79 Å². The molecule has 2 aromatic rings. The highest BCUT2D eigenvalue weighted by Crippen LogP contribution is 2.50. The van der Waals surface area contributed by atoms with E-state index in [9.17, 15) is 0 Å². The van der Waals surface area contributed by atoms with Gasteiger partial charge in [-0.15, -0.1) is 0 Å². The predicted octanol–water partition coefficient (Wildman–Crippen LogP) is 4.32. The highest BCUT2D eigenvalue weighted by atomic mass is 35.6. The highest BCUT2D eigenvalue weighted by molar-refractivity contribution is 6.68. The number of nitrogens with zero attached hydrogens (tertiary/aromatic N) is 1. The van der Waals surface area contributed by atoms with Gasteiger partial charge in [0.1, 0.15) is 0 Å². The second kappa shape index (κ2) is 5.69. The Morgan fingerprint density at radius 2 is 1.48 bits per heavy atom. The number of halogens is 3. The average molecular weight is 342 g/mol. The van der Waals surface area contributed by atoms with Gasteiger partial charge in [-0.2, -0.15) is 0 Å². The molecule has 0 aromatic heterocycles. The summed E-state index contributed by atoms with van der Waals surface area (Å²) in [5.74, 6) is 0. The van der Waals surface area contributed by atoms with E-state index in [0.29, 0.717) is 0 Å². The van der Waals surface area contributed by atoms with E-state index in [4.69, 9.17) is 34.8 Å². The lowest BCUT2D eigenvalue weighted by Gasteiger charge is -2.44. The van der Waals surface area contributed by atoms with Gasteiger partial charge in [-0.25, -0.2) is 0 Å². The van der Waals surface area contributed by atoms with Crippen LogP contribution in [0.3, 0.4) is 0 Å². The van der Waals surface area contributed by atoms with Crippen molar-refractivity contribution in [1.82, 2.24) is 5.32 Å². The number of hydrogen-bond acceptors (Lipinski definition) is 2. The lowest BCUT2D eigenvalue weighted by molar-refractivity contribution is 0.399. The fourth-order valence-electron chi connectivity index (χ4n) is 2.90. The van der Waals surface area contributed by atoms with Crippen LogP contribution in [-0.2, 0) is 5.66 Å². The lowest BCUT2D eigenvalue weighted by Crippen LogP contribution is -2.58. The van der Waals surface area contributed by atoms with E-state index in [2.05, 4.69) is 10.2 Å². The second-order valence-electron chi connectivity index (χ2n) is 4.99. The van der Waals surface area contributed by atoms with E-state index in [0.717, 1.165) is 24.3 Å². The molecule has 0 amide bonds. The number of benzene rings is 2. The largest absolute Gasteiger partial charge is 0.345 e. The molecule has 1 fully saturated rings. The Labute approximate surface area is 139 Å². The molecular weight excluding hydrogens is 327 g/mol. The van der Waals surface area contributed by atoms with Crippen molar-refractivity contribution in [3.63, 3.8) is 0 Å². The smallest absolute Gasteiger partial charge is 0.230 e. The first-order valence-corrected chi connectivity index (χ1v) is 7.89. The maximum absolute atomic E-state index is 6.40. The highest BCUT2D eigenvalue weighted by Gasteiger charge is 2.56. The first-order chi connectivity index (χ1) is 10.1. The summed E-state index contributed by atoms with van der Waals surface area (Å²) in [6.07, 6.45) is 0.